The molecule has 1 saturated carbocycles. The molecule has 0 aliphatic heterocycles. The van der Waals surface area contributed by atoms with Gasteiger partial charge < -0.3 is 4.98 Å². The van der Waals surface area contributed by atoms with E-state index in [1.54, 1.807) is 0 Å². The van der Waals surface area contributed by atoms with Gasteiger partial charge in [-0.2, -0.15) is 0 Å². The largest absolute Gasteiger partial charge is 0.345 e. The molecule has 1 aliphatic carbocycles. The molecule has 1 aliphatic rings. The van der Waals surface area contributed by atoms with Crippen molar-refractivity contribution >= 4 is 0 Å². The highest BCUT2D eigenvalue weighted by atomic mass is 15.1. The van der Waals surface area contributed by atoms with Gasteiger partial charge in [-0.05, 0) is 31.4 Å². The molecule has 21 heavy (non-hydrogen) atoms. The standard InChI is InChI=1S/C18H25N3/c1-14-19-10-16(20-14)11-21(4)13-18(12-17(18,2)3)15-8-6-5-7-9-15/h5-10H,11-13H2,1-4H3,(H,19,20). The molecule has 3 rings (SSSR count). The van der Waals surface area contributed by atoms with Crippen LogP contribution in [0.4, 0.5) is 0 Å². The average Bonchev–Trinajstić information content (AvgIpc) is 2.77. The molecule has 0 bridgehead atoms. The van der Waals surface area contributed by atoms with Crippen LogP contribution in [0.5, 0.6) is 0 Å². The van der Waals surface area contributed by atoms with Gasteiger partial charge >= 0.3 is 0 Å². The molecule has 1 unspecified atom stereocenters. The van der Waals surface area contributed by atoms with Crippen molar-refractivity contribution in [1.82, 2.24) is 14.9 Å². The van der Waals surface area contributed by atoms with Crippen molar-refractivity contribution in [2.45, 2.75) is 39.2 Å². The number of H-pyrrole nitrogens is 1. The van der Waals surface area contributed by atoms with Gasteiger partial charge in [-0.15, -0.1) is 0 Å². The normalized spacial score (nSPS) is 23.5. The zero-order valence-corrected chi connectivity index (χ0v) is 13.5. The van der Waals surface area contributed by atoms with E-state index in [0.717, 1.165) is 18.9 Å². The molecule has 1 atom stereocenters. The number of aromatic amines is 1. The summed E-state index contributed by atoms with van der Waals surface area (Å²) in [6.07, 6.45) is 3.20. The van der Waals surface area contributed by atoms with Gasteiger partial charge in [0.1, 0.15) is 5.82 Å². The molecule has 1 N–H and O–H groups in total. The van der Waals surface area contributed by atoms with Crippen molar-refractivity contribution in [3.63, 3.8) is 0 Å². The minimum absolute atomic E-state index is 0.290. The minimum atomic E-state index is 0.290. The summed E-state index contributed by atoms with van der Waals surface area (Å²) in [6, 6.07) is 11.0. The molecule has 0 saturated heterocycles. The van der Waals surface area contributed by atoms with E-state index in [2.05, 4.69) is 66.1 Å². The molecule has 0 amide bonds. The Balaban J connectivity index is 1.75. The summed E-state index contributed by atoms with van der Waals surface area (Å²) in [7, 11) is 2.20. The van der Waals surface area contributed by atoms with Crippen LogP contribution in [0, 0.1) is 12.3 Å². The average molecular weight is 283 g/mol. The highest BCUT2D eigenvalue weighted by Crippen LogP contribution is 2.64. The topological polar surface area (TPSA) is 31.9 Å². The van der Waals surface area contributed by atoms with E-state index >= 15 is 0 Å². The fraction of sp³-hybridized carbons (Fsp3) is 0.500. The first-order valence-corrected chi connectivity index (χ1v) is 7.68. The van der Waals surface area contributed by atoms with E-state index in [4.69, 9.17) is 0 Å². The van der Waals surface area contributed by atoms with E-state index in [1.807, 2.05) is 13.1 Å². The molecule has 1 aromatic carbocycles. The minimum Gasteiger partial charge on any atom is -0.345 e. The lowest BCUT2D eigenvalue weighted by Crippen LogP contribution is -2.32. The summed E-state index contributed by atoms with van der Waals surface area (Å²) in [4.78, 5) is 10.0. The number of aromatic nitrogens is 2. The Morgan fingerprint density at radius 1 is 1.24 bits per heavy atom. The fourth-order valence-electron chi connectivity index (χ4n) is 3.68. The van der Waals surface area contributed by atoms with Crippen LogP contribution in [0.1, 0.15) is 37.4 Å². The number of nitrogens with one attached hydrogen (secondary N) is 1. The Morgan fingerprint density at radius 3 is 2.43 bits per heavy atom. The van der Waals surface area contributed by atoms with Crippen LogP contribution in [0.15, 0.2) is 36.5 Å². The molecule has 0 spiro atoms. The highest BCUT2D eigenvalue weighted by molar-refractivity contribution is 5.37. The number of likely N-dealkylation sites (N-methyl/N-ethyl adjacent to an activating group) is 1. The monoisotopic (exact) mass is 283 g/mol. The lowest BCUT2D eigenvalue weighted by atomic mass is 9.87. The van der Waals surface area contributed by atoms with Crippen LogP contribution in [0.25, 0.3) is 0 Å². The quantitative estimate of drug-likeness (QED) is 0.910. The molecule has 1 heterocycles. The second-order valence-corrected chi connectivity index (χ2v) is 7.17. The Hall–Kier alpha value is -1.61. The van der Waals surface area contributed by atoms with E-state index in [0.29, 0.717) is 5.41 Å². The molecule has 3 nitrogen and oxygen atoms in total. The van der Waals surface area contributed by atoms with Gasteiger partial charge in [0.2, 0.25) is 0 Å². The first-order chi connectivity index (χ1) is 9.93. The van der Waals surface area contributed by atoms with Gasteiger partial charge in [-0.25, -0.2) is 4.98 Å². The van der Waals surface area contributed by atoms with E-state index < -0.39 is 0 Å². The van der Waals surface area contributed by atoms with Gasteiger partial charge in [-0.1, -0.05) is 44.2 Å². The van der Waals surface area contributed by atoms with Gasteiger partial charge in [0.05, 0.1) is 0 Å². The second kappa shape index (κ2) is 4.99. The lowest BCUT2D eigenvalue weighted by Gasteiger charge is -2.27. The molecular formula is C18H25N3. The summed E-state index contributed by atoms with van der Waals surface area (Å²) in [5, 5.41) is 0. The van der Waals surface area contributed by atoms with Crippen molar-refractivity contribution in [3.8, 4) is 0 Å². The van der Waals surface area contributed by atoms with Gasteiger partial charge in [0.15, 0.2) is 0 Å². The summed E-state index contributed by atoms with van der Waals surface area (Å²) < 4.78 is 0. The number of rotatable bonds is 5. The van der Waals surface area contributed by atoms with Crippen LogP contribution >= 0.6 is 0 Å². The molecule has 2 aromatic rings. The highest BCUT2D eigenvalue weighted by Gasteiger charge is 2.61. The zero-order chi connectivity index (χ0) is 15.1. The Bertz CT molecular complexity index is 614. The van der Waals surface area contributed by atoms with Gasteiger partial charge in [0, 0.05) is 30.4 Å². The van der Waals surface area contributed by atoms with Crippen molar-refractivity contribution < 1.29 is 0 Å². The van der Waals surface area contributed by atoms with Crippen LogP contribution in [0.2, 0.25) is 0 Å². The third-order valence-corrected chi connectivity index (χ3v) is 4.98. The first kappa shape index (κ1) is 14.3. The third kappa shape index (κ3) is 2.62. The van der Waals surface area contributed by atoms with Crippen LogP contribution in [-0.4, -0.2) is 28.5 Å². The van der Waals surface area contributed by atoms with E-state index in [9.17, 15) is 0 Å². The fourth-order valence-corrected chi connectivity index (χ4v) is 3.68. The van der Waals surface area contributed by atoms with E-state index in [1.165, 1.54) is 17.7 Å². The van der Waals surface area contributed by atoms with Crippen LogP contribution < -0.4 is 0 Å². The summed E-state index contributed by atoms with van der Waals surface area (Å²) in [5.41, 5.74) is 3.34. The van der Waals surface area contributed by atoms with Crippen molar-refractivity contribution in [2.75, 3.05) is 13.6 Å². The summed E-state index contributed by atoms with van der Waals surface area (Å²) in [5.74, 6) is 0.989. The molecule has 1 fully saturated rings. The number of nitrogens with zero attached hydrogens (tertiary/aromatic N) is 2. The smallest absolute Gasteiger partial charge is 0.103 e. The summed E-state index contributed by atoms with van der Waals surface area (Å²) >= 11 is 0. The maximum Gasteiger partial charge on any atom is 0.103 e. The van der Waals surface area contributed by atoms with Crippen LogP contribution in [0.3, 0.4) is 0 Å². The SMILES string of the molecule is Cc1ncc(CN(C)CC2(c3ccccc3)CC2(C)C)[nH]1. The van der Waals surface area contributed by atoms with E-state index in [-0.39, 0.29) is 5.41 Å². The molecule has 112 valence electrons. The van der Waals surface area contributed by atoms with Gasteiger partial charge in [-0.3, -0.25) is 4.90 Å². The Morgan fingerprint density at radius 2 is 1.90 bits per heavy atom. The maximum absolute atomic E-state index is 4.29. The molecular weight excluding hydrogens is 258 g/mol. The molecule has 1 aromatic heterocycles. The first-order valence-electron chi connectivity index (χ1n) is 7.68. The second-order valence-electron chi connectivity index (χ2n) is 7.17. The number of imidazole rings is 1. The summed E-state index contributed by atoms with van der Waals surface area (Å²) in [6.45, 7) is 8.77. The molecule has 0 radical (unpaired) electrons. The number of hydrogen-bond donors (Lipinski definition) is 1. The molecule has 3 heteroatoms. The Labute approximate surface area is 127 Å². The predicted octanol–water partition coefficient (Wildman–Crippen LogP) is 3.52. The Kier molecular flexibility index (Phi) is 3.40. The van der Waals surface area contributed by atoms with Crippen LogP contribution in [-0.2, 0) is 12.0 Å². The number of hydrogen-bond acceptors (Lipinski definition) is 2. The number of benzene rings is 1. The van der Waals surface area contributed by atoms with Gasteiger partial charge in [0.25, 0.3) is 0 Å². The lowest BCUT2D eigenvalue weighted by molar-refractivity contribution is 0.269. The number of aryl methyl sites for hydroxylation is 1. The maximum atomic E-state index is 4.29. The van der Waals surface area contributed by atoms with Crippen molar-refractivity contribution in [3.05, 3.63) is 53.6 Å². The van der Waals surface area contributed by atoms with Crippen molar-refractivity contribution in [1.29, 1.82) is 0 Å². The van der Waals surface area contributed by atoms with Crippen molar-refractivity contribution in [2.24, 2.45) is 5.41 Å². The zero-order valence-electron chi connectivity index (χ0n) is 13.5. The third-order valence-electron chi connectivity index (χ3n) is 4.98. The predicted molar refractivity (Wildman–Crippen MR) is 86.2 cm³/mol.